The molecule has 0 fully saturated rings. The van der Waals surface area contributed by atoms with Crippen LogP contribution in [0, 0.1) is 0 Å². The number of hydrogen-bond acceptors (Lipinski definition) is 2. The number of aromatic hydroxyl groups is 1. The summed E-state index contributed by atoms with van der Waals surface area (Å²) >= 11 is 0. The van der Waals surface area contributed by atoms with Crippen molar-refractivity contribution in [3.8, 4) is 10.6 Å². The summed E-state index contributed by atoms with van der Waals surface area (Å²) < 4.78 is 2.11. The lowest BCUT2D eigenvalue weighted by Crippen LogP contribution is -2.01. The summed E-state index contributed by atoms with van der Waals surface area (Å²) in [5, 5.41) is 11.1. The van der Waals surface area contributed by atoms with Gasteiger partial charge in [0.25, 0.3) is 0 Å². The average Bonchev–Trinajstić information content (AvgIpc) is 2.57. The van der Waals surface area contributed by atoms with Crippen molar-refractivity contribution in [2.75, 3.05) is 0 Å². The summed E-state index contributed by atoms with van der Waals surface area (Å²) in [4.78, 5) is 13.8. The number of fused-ring (bicyclic) bond motifs is 2. The number of phenols is 1. The quantitative estimate of drug-likeness (QED) is 0.405. The van der Waals surface area contributed by atoms with E-state index in [4.69, 9.17) is 0 Å². The maximum absolute atomic E-state index is 12.7. The predicted octanol–water partition coefficient (Wildman–Crippen LogP) is 4.80. The average molecular weight is 305 g/mol. The molecular weight excluding hydrogens is 292 g/mol. The molecule has 0 spiro atoms. The van der Waals surface area contributed by atoms with Gasteiger partial charge < -0.3 is 5.11 Å². The van der Waals surface area contributed by atoms with Crippen LogP contribution in [0.2, 0.25) is 0 Å². The Hall–Kier alpha value is -2.65. The first-order valence-corrected chi connectivity index (χ1v) is 8.24. The van der Waals surface area contributed by atoms with E-state index in [1.165, 1.54) is 0 Å². The maximum Gasteiger partial charge on any atom is 0.203 e. The zero-order chi connectivity index (χ0) is 15.1. The Balaban J connectivity index is 2.25. The van der Waals surface area contributed by atoms with E-state index in [9.17, 15) is 9.90 Å². The molecule has 4 aromatic rings. The van der Waals surface area contributed by atoms with Crippen molar-refractivity contribution < 1.29 is 5.11 Å². The van der Waals surface area contributed by atoms with Gasteiger partial charge in [0, 0.05) is 22.6 Å². The van der Waals surface area contributed by atoms with E-state index in [0.717, 1.165) is 25.1 Å². The number of hydrogen-bond donors (Lipinski definition) is 1. The molecule has 0 aliphatic carbocycles. The number of benzene rings is 3. The Morgan fingerprint density at radius 2 is 1.18 bits per heavy atom. The molecular formula is C19H13O2S+. The van der Waals surface area contributed by atoms with E-state index in [0.29, 0.717) is 0 Å². The van der Waals surface area contributed by atoms with E-state index in [1.807, 2.05) is 60.7 Å². The second-order valence-corrected chi connectivity index (χ2v) is 7.08. The van der Waals surface area contributed by atoms with Crippen molar-refractivity contribution in [3.63, 3.8) is 0 Å². The fourth-order valence-corrected chi connectivity index (χ4v) is 5.11. The normalized spacial score (nSPS) is 11.1. The van der Waals surface area contributed by atoms with Gasteiger partial charge in [-0.25, -0.2) is 0 Å². The van der Waals surface area contributed by atoms with Crippen molar-refractivity contribution in [1.29, 1.82) is 0 Å². The van der Waals surface area contributed by atoms with Crippen LogP contribution in [0.25, 0.3) is 25.1 Å². The van der Waals surface area contributed by atoms with Gasteiger partial charge in [0.15, 0.2) is 14.3 Å². The Kier molecular flexibility index (Phi) is 2.94. The van der Waals surface area contributed by atoms with Crippen LogP contribution >= 0.6 is 10.5 Å². The first-order valence-electron chi connectivity index (χ1n) is 7.02. The summed E-state index contributed by atoms with van der Waals surface area (Å²) in [6, 6.07) is 22.9. The third-order valence-corrected chi connectivity index (χ3v) is 6.11. The lowest BCUT2D eigenvalue weighted by Gasteiger charge is -2.02. The van der Waals surface area contributed by atoms with Gasteiger partial charge in [-0.2, -0.15) is 0 Å². The van der Waals surface area contributed by atoms with Gasteiger partial charge in [-0.1, -0.05) is 24.3 Å². The molecule has 106 valence electrons. The SMILES string of the molecule is O=c1c2ccccc2[s+](-c2ccc(O)cc2)c2ccccc12. The van der Waals surface area contributed by atoms with Crippen LogP contribution in [0.15, 0.2) is 77.6 Å². The summed E-state index contributed by atoms with van der Waals surface area (Å²) in [6.07, 6.45) is 0. The maximum atomic E-state index is 12.7. The molecule has 1 heterocycles. The van der Waals surface area contributed by atoms with Crippen molar-refractivity contribution in [2.45, 2.75) is 0 Å². The molecule has 22 heavy (non-hydrogen) atoms. The predicted molar refractivity (Wildman–Crippen MR) is 93.2 cm³/mol. The highest BCUT2D eigenvalue weighted by molar-refractivity contribution is 7.49. The summed E-state index contributed by atoms with van der Waals surface area (Å²) in [7, 11) is -0.319. The van der Waals surface area contributed by atoms with Crippen molar-refractivity contribution >= 4 is 30.6 Å². The Bertz CT molecular complexity index is 986. The van der Waals surface area contributed by atoms with E-state index in [2.05, 4.69) is 0 Å². The molecule has 0 saturated carbocycles. The molecule has 0 aliphatic rings. The lowest BCUT2D eigenvalue weighted by atomic mass is 10.2. The Morgan fingerprint density at radius 1 is 0.682 bits per heavy atom. The number of phenolic OH excluding ortho intramolecular Hbond substituents is 1. The molecule has 2 nitrogen and oxygen atoms in total. The molecule has 3 aromatic carbocycles. The zero-order valence-corrected chi connectivity index (χ0v) is 12.5. The van der Waals surface area contributed by atoms with Crippen molar-refractivity contribution in [2.24, 2.45) is 0 Å². The molecule has 0 unspecified atom stereocenters. The Morgan fingerprint density at radius 3 is 1.73 bits per heavy atom. The highest BCUT2D eigenvalue weighted by Gasteiger charge is 2.22. The highest BCUT2D eigenvalue weighted by atomic mass is 32.2. The molecule has 0 aliphatic heterocycles. The van der Waals surface area contributed by atoms with Gasteiger partial charge in [-0.15, -0.1) is 0 Å². The fraction of sp³-hybridized carbons (Fsp3) is 0. The van der Waals surface area contributed by atoms with Crippen LogP contribution in [0.3, 0.4) is 0 Å². The lowest BCUT2D eigenvalue weighted by molar-refractivity contribution is 0.475. The topological polar surface area (TPSA) is 37.3 Å². The van der Waals surface area contributed by atoms with Crippen LogP contribution in [0.1, 0.15) is 0 Å². The Labute approximate surface area is 129 Å². The third-order valence-electron chi connectivity index (χ3n) is 3.78. The third kappa shape index (κ3) is 1.90. The second kappa shape index (κ2) is 4.97. The van der Waals surface area contributed by atoms with Crippen molar-refractivity contribution in [1.82, 2.24) is 0 Å². The minimum absolute atomic E-state index is 0.0914. The molecule has 4 rings (SSSR count). The minimum Gasteiger partial charge on any atom is -0.508 e. The van der Waals surface area contributed by atoms with E-state index >= 15 is 0 Å². The molecule has 3 heteroatoms. The zero-order valence-electron chi connectivity index (χ0n) is 11.7. The van der Waals surface area contributed by atoms with E-state index in [-0.39, 0.29) is 21.6 Å². The van der Waals surface area contributed by atoms with Crippen LogP contribution in [-0.4, -0.2) is 5.11 Å². The van der Waals surface area contributed by atoms with Gasteiger partial charge in [0.1, 0.15) is 5.75 Å². The van der Waals surface area contributed by atoms with Gasteiger partial charge in [-0.3, -0.25) is 4.79 Å². The van der Waals surface area contributed by atoms with E-state index < -0.39 is 0 Å². The first-order chi connectivity index (χ1) is 10.8. The van der Waals surface area contributed by atoms with Gasteiger partial charge in [0.2, 0.25) is 5.43 Å². The molecule has 0 amide bonds. The summed E-state index contributed by atoms with van der Waals surface area (Å²) in [6.45, 7) is 0. The van der Waals surface area contributed by atoms with Gasteiger partial charge >= 0.3 is 0 Å². The molecule has 1 aromatic heterocycles. The fourth-order valence-electron chi connectivity index (χ4n) is 2.76. The molecule has 0 atom stereocenters. The van der Waals surface area contributed by atoms with Crippen LogP contribution in [0.5, 0.6) is 5.75 Å². The smallest absolute Gasteiger partial charge is 0.203 e. The minimum atomic E-state index is -0.319. The molecule has 0 radical (unpaired) electrons. The monoisotopic (exact) mass is 305 g/mol. The highest BCUT2D eigenvalue weighted by Crippen LogP contribution is 2.43. The molecule has 0 saturated heterocycles. The number of rotatable bonds is 1. The largest absolute Gasteiger partial charge is 0.508 e. The second-order valence-electron chi connectivity index (χ2n) is 5.12. The van der Waals surface area contributed by atoms with Crippen LogP contribution in [0.4, 0.5) is 0 Å². The molecule has 1 N–H and O–H groups in total. The van der Waals surface area contributed by atoms with Gasteiger partial charge in [-0.05, 0) is 36.4 Å². The van der Waals surface area contributed by atoms with Crippen LogP contribution in [-0.2, 0) is 0 Å². The summed E-state index contributed by atoms with van der Waals surface area (Å²) in [5.41, 5.74) is 0.0914. The van der Waals surface area contributed by atoms with Crippen LogP contribution < -0.4 is 5.43 Å². The molecule has 0 bridgehead atoms. The summed E-state index contributed by atoms with van der Waals surface area (Å²) in [5.74, 6) is 0.252. The first kappa shape index (κ1) is 13.0. The van der Waals surface area contributed by atoms with Crippen molar-refractivity contribution in [3.05, 3.63) is 83.0 Å². The van der Waals surface area contributed by atoms with Gasteiger partial charge in [0.05, 0.1) is 10.8 Å². The standard InChI is InChI=1S/C19H12O2S/c20-13-9-11-14(12-10-13)22-17-7-3-1-5-15(17)19(21)16-6-2-4-8-18(16)22/h1-12H/p+1. The van der Waals surface area contributed by atoms with E-state index in [1.54, 1.807) is 12.1 Å².